The highest BCUT2D eigenvalue weighted by Crippen LogP contribution is 2.42. The van der Waals surface area contributed by atoms with Crippen LogP contribution in [0.3, 0.4) is 0 Å². The number of thioether (sulfide) groups is 1. The van der Waals surface area contributed by atoms with Crippen LogP contribution in [-0.4, -0.2) is 34.6 Å². The van der Waals surface area contributed by atoms with E-state index in [0.717, 1.165) is 12.0 Å². The number of amides is 2. The Morgan fingerprint density at radius 1 is 1.21 bits per heavy atom. The normalized spacial score (nSPS) is 20.1. The predicted molar refractivity (Wildman–Crippen MR) is 111 cm³/mol. The van der Waals surface area contributed by atoms with Gasteiger partial charge in [-0.05, 0) is 55.3 Å². The minimum absolute atomic E-state index is 0.0230. The highest BCUT2D eigenvalue weighted by atomic mass is 35.5. The van der Waals surface area contributed by atoms with Crippen LogP contribution in [0, 0.1) is 5.82 Å². The molecule has 0 aliphatic carbocycles. The second kappa shape index (κ2) is 8.97. The molecular weight excluding hydrogens is 399 g/mol. The third kappa shape index (κ3) is 4.50. The Bertz CT molecular complexity index is 844. The maximum Gasteiger partial charge on any atom is 0.255 e. The first-order valence-electron chi connectivity index (χ1n) is 9.16. The van der Waals surface area contributed by atoms with Crippen molar-refractivity contribution in [2.75, 3.05) is 5.75 Å². The molecule has 3 rings (SSSR count). The van der Waals surface area contributed by atoms with E-state index in [9.17, 15) is 14.0 Å². The Balaban J connectivity index is 1.93. The summed E-state index contributed by atoms with van der Waals surface area (Å²) in [5.74, 6) is -0.286. The van der Waals surface area contributed by atoms with E-state index in [4.69, 9.17) is 11.6 Å². The number of carbonyl (C=O) groups is 2. The Labute approximate surface area is 173 Å². The Morgan fingerprint density at radius 3 is 2.46 bits per heavy atom. The van der Waals surface area contributed by atoms with Crippen LogP contribution in [0.5, 0.6) is 0 Å². The monoisotopic (exact) mass is 420 g/mol. The Hall–Kier alpha value is -2.05. The molecule has 1 N–H and O–H groups in total. The van der Waals surface area contributed by atoms with Crippen molar-refractivity contribution in [3.05, 3.63) is 70.5 Å². The summed E-state index contributed by atoms with van der Waals surface area (Å²) in [6, 6.07) is 12.1. The lowest BCUT2D eigenvalue weighted by atomic mass is 10.1. The van der Waals surface area contributed by atoms with Gasteiger partial charge in [0, 0.05) is 22.4 Å². The molecule has 7 heteroatoms. The molecule has 2 aromatic rings. The lowest BCUT2D eigenvalue weighted by Crippen LogP contribution is -2.49. The molecule has 0 unspecified atom stereocenters. The number of nitrogens with zero attached hydrogens (tertiary/aromatic N) is 1. The lowest BCUT2D eigenvalue weighted by molar-refractivity contribution is -0.125. The average Bonchev–Trinajstić information content (AvgIpc) is 3.13. The first-order chi connectivity index (χ1) is 13.4. The van der Waals surface area contributed by atoms with Crippen LogP contribution in [0.4, 0.5) is 4.39 Å². The second-order valence-electron chi connectivity index (χ2n) is 6.79. The van der Waals surface area contributed by atoms with Gasteiger partial charge < -0.3 is 10.2 Å². The van der Waals surface area contributed by atoms with Crippen LogP contribution in [0.15, 0.2) is 48.5 Å². The van der Waals surface area contributed by atoms with Crippen molar-refractivity contribution in [1.82, 2.24) is 10.2 Å². The molecule has 2 amide bonds. The van der Waals surface area contributed by atoms with Gasteiger partial charge in [-0.2, -0.15) is 0 Å². The van der Waals surface area contributed by atoms with Gasteiger partial charge in [-0.25, -0.2) is 4.39 Å². The van der Waals surface area contributed by atoms with E-state index in [-0.39, 0.29) is 29.0 Å². The van der Waals surface area contributed by atoms with Gasteiger partial charge in [0.2, 0.25) is 5.91 Å². The number of nitrogens with one attached hydrogen (secondary N) is 1. The molecule has 1 aliphatic heterocycles. The molecule has 3 atom stereocenters. The zero-order valence-corrected chi connectivity index (χ0v) is 17.3. The molecule has 0 saturated carbocycles. The molecule has 4 nitrogen and oxygen atoms in total. The number of halogens is 2. The van der Waals surface area contributed by atoms with Gasteiger partial charge in [0.05, 0.1) is 0 Å². The van der Waals surface area contributed by atoms with Crippen molar-refractivity contribution in [1.29, 1.82) is 0 Å². The van der Waals surface area contributed by atoms with Gasteiger partial charge >= 0.3 is 0 Å². The Kier molecular flexibility index (Phi) is 6.62. The standard InChI is InChI=1S/C21H22ClFN2O2S/c1-3-13(2)24-19(26)18-12-28-21(15-6-10-17(23)11-7-15)25(18)20(27)14-4-8-16(22)9-5-14/h4-11,13,18,21H,3,12H2,1-2H3,(H,24,26)/t13-,18+,21+/m0/s1. The molecule has 1 fully saturated rings. The van der Waals surface area contributed by atoms with Gasteiger partial charge in [-0.3, -0.25) is 9.59 Å². The summed E-state index contributed by atoms with van der Waals surface area (Å²) in [4.78, 5) is 27.7. The topological polar surface area (TPSA) is 49.4 Å². The van der Waals surface area contributed by atoms with Crippen LogP contribution in [-0.2, 0) is 4.79 Å². The Morgan fingerprint density at radius 2 is 1.86 bits per heavy atom. The number of hydrogen-bond donors (Lipinski definition) is 1. The van der Waals surface area contributed by atoms with Crippen LogP contribution < -0.4 is 5.32 Å². The van der Waals surface area contributed by atoms with Crippen LogP contribution >= 0.6 is 23.4 Å². The van der Waals surface area contributed by atoms with Gasteiger partial charge in [0.25, 0.3) is 5.91 Å². The third-order valence-electron chi connectivity index (χ3n) is 4.78. The molecule has 0 aromatic heterocycles. The summed E-state index contributed by atoms with van der Waals surface area (Å²) in [5, 5.41) is 3.14. The molecule has 2 aromatic carbocycles. The molecule has 1 aliphatic rings. The molecular formula is C21H22ClFN2O2S. The fourth-order valence-corrected chi connectivity index (χ4v) is 4.58. The number of hydrogen-bond acceptors (Lipinski definition) is 3. The highest BCUT2D eigenvalue weighted by Gasteiger charge is 2.42. The van der Waals surface area contributed by atoms with E-state index in [1.165, 1.54) is 23.9 Å². The minimum Gasteiger partial charge on any atom is -0.352 e. The van der Waals surface area contributed by atoms with Crippen LogP contribution in [0.25, 0.3) is 0 Å². The fourth-order valence-electron chi connectivity index (χ4n) is 3.02. The van der Waals surface area contributed by atoms with E-state index in [2.05, 4.69) is 5.32 Å². The van der Waals surface area contributed by atoms with Gasteiger partial charge in [-0.1, -0.05) is 30.7 Å². The predicted octanol–water partition coefficient (Wildman–Crippen LogP) is 4.65. The van der Waals surface area contributed by atoms with Crippen molar-refractivity contribution in [2.24, 2.45) is 0 Å². The summed E-state index contributed by atoms with van der Waals surface area (Å²) in [5.41, 5.74) is 1.24. The number of carbonyl (C=O) groups excluding carboxylic acids is 2. The largest absolute Gasteiger partial charge is 0.352 e. The lowest BCUT2D eigenvalue weighted by Gasteiger charge is -2.30. The fraction of sp³-hybridized carbons (Fsp3) is 0.333. The van der Waals surface area contributed by atoms with E-state index in [1.54, 1.807) is 41.3 Å². The zero-order valence-electron chi connectivity index (χ0n) is 15.7. The van der Waals surface area contributed by atoms with Crippen molar-refractivity contribution in [3.63, 3.8) is 0 Å². The molecule has 148 valence electrons. The van der Waals surface area contributed by atoms with Crippen molar-refractivity contribution < 1.29 is 14.0 Å². The van der Waals surface area contributed by atoms with Gasteiger partial charge in [0.1, 0.15) is 17.2 Å². The smallest absolute Gasteiger partial charge is 0.255 e. The minimum atomic E-state index is -0.600. The van der Waals surface area contributed by atoms with E-state index in [0.29, 0.717) is 16.3 Å². The van der Waals surface area contributed by atoms with Crippen LogP contribution in [0.2, 0.25) is 5.02 Å². The van der Waals surface area contributed by atoms with Gasteiger partial charge in [-0.15, -0.1) is 11.8 Å². The number of benzene rings is 2. The molecule has 0 spiro atoms. The van der Waals surface area contributed by atoms with E-state index >= 15 is 0 Å². The SMILES string of the molecule is CC[C@H](C)NC(=O)[C@H]1CS[C@H](c2ccc(F)cc2)N1C(=O)c1ccc(Cl)cc1. The first kappa shape index (κ1) is 20.7. The van der Waals surface area contributed by atoms with E-state index in [1.807, 2.05) is 13.8 Å². The molecule has 1 heterocycles. The summed E-state index contributed by atoms with van der Waals surface area (Å²) >= 11 is 7.44. The molecule has 28 heavy (non-hydrogen) atoms. The number of rotatable bonds is 5. The first-order valence-corrected chi connectivity index (χ1v) is 10.6. The van der Waals surface area contributed by atoms with Crippen molar-refractivity contribution in [2.45, 2.75) is 37.7 Å². The summed E-state index contributed by atoms with van der Waals surface area (Å²) in [6.45, 7) is 3.93. The van der Waals surface area contributed by atoms with Gasteiger partial charge in [0.15, 0.2) is 0 Å². The van der Waals surface area contributed by atoms with Crippen molar-refractivity contribution >= 4 is 35.2 Å². The highest BCUT2D eigenvalue weighted by molar-refractivity contribution is 7.99. The summed E-state index contributed by atoms with van der Waals surface area (Å²) < 4.78 is 13.4. The maximum absolute atomic E-state index is 13.4. The second-order valence-corrected chi connectivity index (χ2v) is 8.34. The third-order valence-corrected chi connectivity index (χ3v) is 6.36. The average molecular weight is 421 g/mol. The zero-order chi connectivity index (χ0) is 20.3. The van der Waals surface area contributed by atoms with E-state index < -0.39 is 6.04 Å². The molecule has 0 bridgehead atoms. The quantitative estimate of drug-likeness (QED) is 0.765. The summed E-state index contributed by atoms with van der Waals surface area (Å²) in [6.07, 6.45) is 0.804. The maximum atomic E-state index is 13.4. The molecule has 0 radical (unpaired) electrons. The molecule has 1 saturated heterocycles. The van der Waals surface area contributed by atoms with Crippen molar-refractivity contribution in [3.8, 4) is 0 Å². The van der Waals surface area contributed by atoms with Crippen LogP contribution in [0.1, 0.15) is 41.6 Å². The summed E-state index contributed by atoms with van der Waals surface area (Å²) in [7, 11) is 0.